The Morgan fingerprint density at radius 3 is 2.47 bits per heavy atom. The van der Waals surface area contributed by atoms with E-state index < -0.39 is 4.92 Å². The van der Waals surface area contributed by atoms with Crippen LogP contribution in [0.5, 0.6) is 0 Å². The number of ether oxygens (including phenoxy) is 1. The molecule has 8 heteroatoms. The van der Waals surface area contributed by atoms with Crippen LogP contribution in [0.4, 0.5) is 10.8 Å². The number of benzene rings is 3. The second-order valence-electron chi connectivity index (χ2n) is 7.43. The molecule has 1 saturated heterocycles. The zero-order valence-corrected chi connectivity index (χ0v) is 17.9. The topological polar surface area (TPSA) is 85.6 Å². The van der Waals surface area contributed by atoms with Crippen molar-refractivity contribution in [2.75, 3.05) is 31.2 Å². The van der Waals surface area contributed by atoms with E-state index in [9.17, 15) is 14.9 Å². The van der Waals surface area contributed by atoms with Crippen LogP contribution in [0.2, 0.25) is 0 Å². The number of hydrogen-bond acceptors (Lipinski definition) is 7. The molecule has 0 N–H and O–H groups in total. The number of ketones is 1. The van der Waals surface area contributed by atoms with Crippen LogP contribution >= 0.6 is 11.3 Å². The van der Waals surface area contributed by atoms with Gasteiger partial charge in [0.25, 0.3) is 5.69 Å². The minimum Gasteiger partial charge on any atom is -0.378 e. The Labute approximate surface area is 188 Å². The van der Waals surface area contributed by atoms with Gasteiger partial charge in [-0.05, 0) is 22.9 Å². The molecule has 1 aliphatic heterocycles. The molecule has 4 aromatic rings. The highest BCUT2D eigenvalue weighted by atomic mass is 32.1. The summed E-state index contributed by atoms with van der Waals surface area (Å²) in [5, 5.41) is 13.7. The average Bonchev–Trinajstić information content (AvgIpc) is 3.29. The molecule has 0 unspecified atom stereocenters. The van der Waals surface area contributed by atoms with E-state index in [0.29, 0.717) is 48.0 Å². The van der Waals surface area contributed by atoms with Crippen LogP contribution in [0, 0.1) is 10.1 Å². The maximum atomic E-state index is 13.7. The number of anilines is 1. The van der Waals surface area contributed by atoms with Gasteiger partial charge in [0.1, 0.15) is 4.88 Å². The van der Waals surface area contributed by atoms with Crippen LogP contribution < -0.4 is 4.90 Å². The number of hydrogen-bond donors (Lipinski definition) is 0. The molecular weight excluding hydrogens is 426 g/mol. The van der Waals surface area contributed by atoms with Crippen LogP contribution in [0.1, 0.15) is 15.2 Å². The first kappa shape index (κ1) is 20.3. The summed E-state index contributed by atoms with van der Waals surface area (Å²) >= 11 is 1.36. The summed E-state index contributed by atoms with van der Waals surface area (Å²) in [5.41, 5.74) is 1.84. The van der Waals surface area contributed by atoms with Crippen molar-refractivity contribution in [3.05, 3.63) is 87.3 Å². The van der Waals surface area contributed by atoms with Gasteiger partial charge in [0, 0.05) is 36.3 Å². The molecule has 0 aliphatic carbocycles. The Morgan fingerprint density at radius 2 is 1.72 bits per heavy atom. The quantitative estimate of drug-likeness (QED) is 0.246. The highest BCUT2D eigenvalue weighted by Gasteiger charge is 2.25. The Balaban J connectivity index is 1.63. The van der Waals surface area contributed by atoms with Gasteiger partial charge in [-0.15, -0.1) is 0 Å². The first-order valence-electron chi connectivity index (χ1n) is 10.2. The fourth-order valence-corrected chi connectivity index (χ4v) is 4.93. The smallest absolute Gasteiger partial charge is 0.269 e. The number of rotatable bonds is 5. The molecule has 160 valence electrons. The van der Waals surface area contributed by atoms with Crippen LogP contribution in [-0.4, -0.2) is 42.0 Å². The number of nitro groups is 1. The Hall–Kier alpha value is -3.62. The largest absolute Gasteiger partial charge is 0.378 e. The van der Waals surface area contributed by atoms with Crippen LogP contribution in [0.25, 0.3) is 22.0 Å². The van der Waals surface area contributed by atoms with E-state index >= 15 is 0 Å². The number of nitrogens with zero attached hydrogens (tertiary/aromatic N) is 3. The van der Waals surface area contributed by atoms with Gasteiger partial charge >= 0.3 is 0 Å². The summed E-state index contributed by atoms with van der Waals surface area (Å²) in [7, 11) is 0. The molecule has 1 aliphatic rings. The van der Waals surface area contributed by atoms with Gasteiger partial charge in [-0.25, -0.2) is 4.98 Å². The monoisotopic (exact) mass is 445 g/mol. The van der Waals surface area contributed by atoms with Crippen molar-refractivity contribution in [3.63, 3.8) is 0 Å². The second kappa shape index (κ2) is 8.49. The number of non-ortho nitro benzene ring substituents is 1. The van der Waals surface area contributed by atoms with Gasteiger partial charge in [0.2, 0.25) is 5.78 Å². The van der Waals surface area contributed by atoms with Gasteiger partial charge in [0.05, 0.1) is 23.8 Å². The van der Waals surface area contributed by atoms with E-state index in [1.807, 2.05) is 42.5 Å². The molecule has 32 heavy (non-hydrogen) atoms. The lowest BCUT2D eigenvalue weighted by Crippen LogP contribution is -2.36. The van der Waals surface area contributed by atoms with E-state index in [2.05, 4.69) is 4.90 Å². The normalized spacial score (nSPS) is 13.9. The number of morpholine rings is 1. The second-order valence-corrected chi connectivity index (χ2v) is 8.41. The Kier molecular flexibility index (Phi) is 5.38. The molecule has 5 rings (SSSR count). The predicted octanol–water partition coefficient (Wildman–Crippen LogP) is 4.94. The van der Waals surface area contributed by atoms with Gasteiger partial charge in [-0.3, -0.25) is 14.9 Å². The third kappa shape index (κ3) is 3.74. The molecule has 7 nitrogen and oxygen atoms in total. The van der Waals surface area contributed by atoms with E-state index in [1.54, 1.807) is 12.1 Å². The van der Waals surface area contributed by atoms with Crippen molar-refractivity contribution in [2.45, 2.75) is 0 Å². The van der Waals surface area contributed by atoms with E-state index in [1.165, 1.54) is 23.5 Å². The lowest BCUT2D eigenvalue weighted by molar-refractivity contribution is -0.384. The van der Waals surface area contributed by atoms with Crippen molar-refractivity contribution >= 4 is 38.7 Å². The molecule has 0 atom stereocenters. The number of aromatic nitrogens is 1. The summed E-state index contributed by atoms with van der Waals surface area (Å²) in [6, 6.07) is 19.7. The first-order chi connectivity index (χ1) is 15.6. The van der Waals surface area contributed by atoms with Gasteiger partial charge in [-0.2, -0.15) is 0 Å². The lowest BCUT2D eigenvalue weighted by atomic mass is 9.99. The standard InChI is InChI=1S/C24H19N3O4S/c28-22(20-7-3-5-16-4-1-2-6-19(16)20)23-21(17-8-10-18(11-9-17)27(29)30)25-24(32-23)26-12-14-31-15-13-26/h1-11H,12-15H2. The molecule has 1 aromatic heterocycles. The van der Waals surface area contributed by atoms with Crippen molar-refractivity contribution in [1.82, 2.24) is 4.98 Å². The lowest BCUT2D eigenvalue weighted by Gasteiger charge is -2.26. The molecule has 3 aromatic carbocycles. The molecule has 2 heterocycles. The summed E-state index contributed by atoms with van der Waals surface area (Å²) in [5.74, 6) is -0.104. The number of thiazole rings is 1. The molecule has 0 radical (unpaired) electrons. The molecule has 0 spiro atoms. The predicted molar refractivity (Wildman–Crippen MR) is 125 cm³/mol. The number of carbonyl (C=O) groups is 1. The van der Waals surface area contributed by atoms with E-state index in [-0.39, 0.29) is 11.5 Å². The maximum absolute atomic E-state index is 13.7. The summed E-state index contributed by atoms with van der Waals surface area (Å²) in [4.78, 5) is 31.8. The third-order valence-electron chi connectivity index (χ3n) is 5.49. The van der Waals surface area contributed by atoms with Crippen molar-refractivity contribution in [2.24, 2.45) is 0 Å². The maximum Gasteiger partial charge on any atom is 0.269 e. The highest BCUT2D eigenvalue weighted by Crippen LogP contribution is 2.36. The third-order valence-corrected chi connectivity index (χ3v) is 6.60. The van der Waals surface area contributed by atoms with Crippen molar-refractivity contribution in [3.8, 4) is 11.3 Å². The van der Waals surface area contributed by atoms with Crippen molar-refractivity contribution in [1.29, 1.82) is 0 Å². The van der Waals surface area contributed by atoms with Crippen LogP contribution in [-0.2, 0) is 4.74 Å². The minimum atomic E-state index is -0.438. The zero-order chi connectivity index (χ0) is 22.1. The Morgan fingerprint density at radius 1 is 1.00 bits per heavy atom. The molecule has 0 bridgehead atoms. The van der Waals surface area contributed by atoms with Gasteiger partial charge in [-0.1, -0.05) is 53.8 Å². The van der Waals surface area contributed by atoms with Crippen LogP contribution in [0.15, 0.2) is 66.7 Å². The summed E-state index contributed by atoms with van der Waals surface area (Å²) in [6.45, 7) is 2.63. The van der Waals surface area contributed by atoms with E-state index in [0.717, 1.165) is 15.9 Å². The van der Waals surface area contributed by atoms with E-state index in [4.69, 9.17) is 9.72 Å². The zero-order valence-electron chi connectivity index (χ0n) is 17.1. The molecule has 1 fully saturated rings. The fraction of sp³-hybridized carbons (Fsp3) is 0.167. The van der Waals surface area contributed by atoms with Gasteiger partial charge < -0.3 is 9.64 Å². The fourth-order valence-electron chi connectivity index (χ4n) is 3.84. The molecule has 0 saturated carbocycles. The average molecular weight is 446 g/mol. The SMILES string of the molecule is O=C(c1sc(N2CCOCC2)nc1-c1ccc([N+](=O)[O-])cc1)c1cccc2ccccc12. The minimum absolute atomic E-state index is 0.000637. The van der Waals surface area contributed by atoms with Crippen molar-refractivity contribution < 1.29 is 14.5 Å². The number of fused-ring (bicyclic) bond motifs is 1. The van der Waals surface area contributed by atoms with Gasteiger partial charge in [0.15, 0.2) is 5.13 Å². The first-order valence-corrected chi connectivity index (χ1v) is 11.0. The number of nitro benzene ring substituents is 1. The Bertz CT molecular complexity index is 1310. The molecule has 0 amide bonds. The summed E-state index contributed by atoms with van der Waals surface area (Å²) < 4.78 is 5.45. The van der Waals surface area contributed by atoms with Crippen LogP contribution in [0.3, 0.4) is 0 Å². The summed E-state index contributed by atoms with van der Waals surface area (Å²) in [6.07, 6.45) is 0. The highest BCUT2D eigenvalue weighted by molar-refractivity contribution is 7.18. The number of carbonyl (C=O) groups excluding carboxylic acids is 1. The molecular formula is C24H19N3O4S.